The lowest BCUT2D eigenvalue weighted by atomic mass is 10.0. The largest absolute Gasteiger partial charge is 0.494 e. The molecular weight excluding hydrogens is 441 g/mol. The number of hydrogen-bond donors (Lipinski definition) is 2. The van der Waals surface area contributed by atoms with Crippen molar-refractivity contribution in [2.24, 2.45) is 4.99 Å². The van der Waals surface area contributed by atoms with Crippen LogP contribution >= 0.6 is 12.2 Å². The molecular formula is C25H16FN3O3S. The predicted molar refractivity (Wildman–Crippen MR) is 128 cm³/mol. The van der Waals surface area contributed by atoms with Crippen LogP contribution in [0.2, 0.25) is 0 Å². The molecule has 162 valence electrons. The van der Waals surface area contributed by atoms with Gasteiger partial charge in [0.15, 0.2) is 4.77 Å². The first-order valence-electron chi connectivity index (χ1n) is 9.97. The second-order valence-electron chi connectivity index (χ2n) is 7.26. The highest BCUT2D eigenvalue weighted by Gasteiger charge is 2.17. The number of aliphatic imine (C=N–C) groups is 1. The number of para-hydroxylation sites is 1. The highest BCUT2D eigenvalue weighted by Crippen LogP contribution is 2.34. The van der Waals surface area contributed by atoms with Crippen LogP contribution in [0.4, 0.5) is 10.1 Å². The van der Waals surface area contributed by atoms with Crippen molar-refractivity contribution in [1.29, 1.82) is 0 Å². The van der Waals surface area contributed by atoms with Crippen molar-refractivity contribution in [3.63, 3.8) is 0 Å². The van der Waals surface area contributed by atoms with Gasteiger partial charge in [0.2, 0.25) is 5.88 Å². The standard InChI is InChI=1S/C25H16FN3O3S/c26-16-6-11-22-20(13-16)15(14-27-22)12-21-23(30)28-25(33)29(24(21)31)17-7-9-19(10-8-17)32-18-4-2-1-3-5-18/h1-14,31H,(H,28,30,33). The summed E-state index contributed by atoms with van der Waals surface area (Å²) in [5.41, 5.74) is 1.56. The van der Waals surface area contributed by atoms with Crippen molar-refractivity contribution in [3.8, 4) is 23.1 Å². The molecule has 2 N–H and O–H groups in total. The summed E-state index contributed by atoms with van der Waals surface area (Å²) < 4.78 is 20.9. The molecule has 0 aliphatic carbocycles. The van der Waals surface area contributed by atoms with Gasteiger partial charge >= 0.3 is 0 Å². The Bertz CT molecular complexity index is 1540. The number of fused-ring (bicyclic) bond motifs is 1. The van der Waals surface area contributed by atoms with E-state index in [9.17, 15) is 14.3 Å². The van der Waals surface area contributed by atoms with Gasteiger partial charge in [-0.3, -0.25) is 19.3 Å². The molecule has 0 saturated heterocycles. The summed E-state index contributed by atoms with van der Waals surface area (Å²) in [6.45, 7) is 0. The lowest BCUT2D eigenvalue weighted by Gasteiger charge is -2.13. The number of aromatic hydroxyl groups is 1. The summed E-state index contributed by atoms with van der Waals surface area (Å²) in [5.74, 6) is 0.532. The van der Waals surface area contributed by atoms with Gasteiger partial charge in [0.25, 0.3) is 5.56 Å². The maximum absolute atomic E-state index is 13.7. The number of benzene rings is 3. The number of halogens is 1. The highest BCUT2D eigenvalue weighted by molar-refractivity contribution is 7.71. The third kappa shape index (κ3) is 3.99. The van der Waals surface area contributed by atoms with Gasteiger partial charge in [0, 0.05) is 17.4 Å². The summed E-state index contributed by atoms with van der Waals surface area (Å²) in [6, 6.07) is 20.4. The van der Waals surface area contributed by atoms with E-state index in [4.69, 9.17) is 17.0 Å². The van der Waals surface area contributed by atoms with Crippen LogP contribution in [0, 0.1) is 10.6 Å². The van der Waals surface area contributed by atoms with E-state index in [1.807, 2.05) is 30.3 Å². The second-order valence-corrected chi connectivity index (χ2v) is 7.65. The molecule has 1 aliphatic heterocycles. The predicted octanol–water partition coefficient (Wildman–Crippen LogP) is 5.79. The van der Waals surface area contributed by atoms with Gasteiger partial charge in [-0.2, -0.15) is 0 Å². The van der Waals surface area contributed by atoms with E-state index in [2.05, 4.69) is 9.98 Å². The summed E-state index contributed by atoms with van der Waals surface area (Å²) >= 11 is 5.29. The summed E-state index contributed by atoms with van der Waals surface area (Å²) in [6.07, 6.45) is 2.98. The average Bonchev–Trinajstić information content (AvgIpc) is 3.20. The van der Waals surface area contributed by atoms with Crippen molar-refractivity contribution in [1.82, 2.24) is 9.55 Å². The van der Waals surface area contributed by atoms with Gasteiger partial charge in [-0.05, 0) is 72.9 Å². The number of rotatable bonds is 4. The van der Waals surface area contributed by atoms with E-state index in [1.54, 1.807) is 30.3 Å². The smallest absolute Gasteiger partial charge is 0.262 e. The van der Waals surface area contributed by atoms with E-state index in [1.165, 1.54) is 29.0 Å². The molecule has 0 unspecified atom stereocenters. The van der Waals surface area contributed by atoms with Crippen LogP contribution in [0.5, 0.6) is 17.4 Å². The fraction of sp³-hybridized carbons (Fsp3) is 0. The first kappa shape index (κ1) is 20.6. The van der Waals surface area contributed by atoms with Crippen molar-refractivity contribution in [3.05, 3.63) is 105 Å². The quantitative estimate of drug-likeness (QED) is 0.380. The van der Waals surface area contributed by atoms with Crippen molar-refractivity contribution in [2.45, 2.75) is 0 Å². The van der Waals surface area contributed by atoms with Crippen LogP contribution in [-0.4, -0.2) is 20.9 Å². The SMILES string of the molecule is O=c1[nH]c(=S)n(-c2ccc(Oc3ccccc3)cc2)c(O)c1C=C1C=Nc2ccc(F)cc21. The van der Waals surface area contributed by atoms with Gasteiger partial charge in [0.05, 0.1) is 11.4 Å². The number of aromatic amines is 1. The Hall–Kier alpha value is -4.30. The maximum Gasteiger partial charge on any atom is 0.262 e. The minimum Gasteiger partial charge on any atom is -0.494 e. The molecule has 8 heteroatoms. The summed E-state index contributed by atoms with van der Waals surface area (Å²) in [7, 11) is 0. The Morgan fingerprint density at radius 2 is 1.76 bits per heavy atom. The van der Waals surface area contributed by atoms with Crippen LogP contribution in [0.15, 0.2) is 82.6 Å². The maximum atomic E-state index is 13.7. The normalized spacial score (nSPS) is 13.3. The number of nitrogens with one attached hydrogen (secondary N) is 1. The van der Waals surface area contributed by atoms with Gasteiger partial charge in [-0.1, -0.05) is 18.2 Å². The Morgan fingerprint density at radius 1 is 1.03 bits per heavy atom. The summed E-state index contributed by atoms with van der Waals surface area (Å²) in [5, 5.41) is 11.0. The van der Waals surface area contributed by atoms with Crippen LogP contribution in [0.3, 0.4) is 0 Å². The van der Waals surface area contributed by atoms with Crippen LogP contribution in [0.1, 0.15) is 11.1 Å². The lowest BCUT2D eigenvalue weighted by Crippen LogP contribution is -2.16. The molecule has 0 bridgehead atoms. The molecule has 0 saturated carbocycles. The second kappa shape index (κ2) is 8.33. The van der Waals surface area contributed by atoms with E-state index >= 15 is 0 Å². The molecule has 0 amide bonds. The number of hydrogen-bond acceptors (Lipinski definition) is 5. The van der Waals surface area contributed by atoms with Crippen molar-refractivity contribution < 1.29 is 14.2 Å². The van der Waals surface area contributed by atoms with Gasteiger partial charge in [0.1, 0.15) is 22.9 Å². The number of H-pyrrole nitrogens is 1. The molecule has 1 aromatic heterocycles. The lowest BCUT2D eigenvalue weighted by molar-refractivity contribution is 0.431. The molecule has 0 fully saturated rings. The first-order valence-corrected chi connectivity index (χ1v) is 10.4. The molecule has 33 heavy (non-hydrogen) atoms. The molecule has 2 heterocycles. The first-order chi connectivity index (χ1) is 16.0. The average molecular weight is 457 g/mol. The molecule has 0 atom stereocenters. The number of allylic oxidation sites excluding steroid dienone is 1. The minimum atomic E-state index is -0.566. The molecule has 5 rings (SSSR count). The summed E-state index contributed by atoms with van der Waals surface area (Å²) in [4.78, 5) is 19.4. The third-order valence-corrected chi connectivity index (χ3v) is 5.39. The Labute approximate surface area is 192 Å². The zero-order valence-corrected chi connectivity index (χ0v) is 17.8. The topological polar surface area (TPSA) is 79.6 Å². The van der Waals surface area contributed by atoms with Gasteiger partial charge < -0.3 is 9.84 Å². The van der Waals surface area contributed by atoms with Crippen LogP contribution in [-0.2, 0) is 0 Å². The third-order valence-electron chi connectivity index (χ3n) is 5.11. The molecule has 3 aromatic carbocycles. The Morgan fingerprint density at radius 3 is 2.52 bits per heavy atom. The molecule has 0 radical (unpaired) electrons. The fourth-order valence-electron chi connectivity index (χ4n) is 3.53. The van der Waals surface area contributed by atoms with Gasteiger partial charge in [-0.25, -0.2) is 4.39 Å². The molecule has 6 nitrogen and oxygen atoms in total. The van der Waals surface area contributed by atoms with Crippen LogP contribution in [0.25, 0.3) is 17.3 Å². The molecule has 1 aliphatic rings. The Kier molecular flexibility index (Phi) is 5.20. The zero-order valence-electron chi connectivity index (χ0n) is 17.0. The number of aromatic nitrogens is 2. The van der Waals surface area contributed by atoms with Gasteiger partial charge in [-0.15, -0.1) is 0 Å². The highest BCUT2D eigenvalue weighted by atomic mass is 32.1. The Balaban J connectivity index is 1.54. The van der Waals surface area contributed by atoms with E-state index in [-0.39, 0.29) is 16.2 Å². The molecule has 4 aromatic rings. The van der Waals surface area contributed by atoms with E-state index < -0.39 is 11.4 Å². The van der Waals surface area contributed by atoms with Crippen LogP contribution < -0.4 is 10.3 Å². The molecule has 0 spiro atoms. The fourth-order valence-corrected chi connectivity index (χ4v) is 3.81. The van der Waals surface area contributed by atoms with E-state index in [0.717, 1.165) is 0 Å². The monoisotopic (exact) mass is 457 g/mol. The zero-order chi connectivity index (χ0) is 22.9. The van der Waals surface area contributed by atoms with E-state index in [0.29, 0.717) is 34.0 Å². The van der Waals surface area contributed by atoms with Crippen molar-refractivity contribution >= 4 is 35.8 Å². The number of nitrogens with zero attached hydrogens (tertiary/aromatic N) is 2. The minimum absolute atomic E-state index is 0.0215. The number of ether oxygens (including phenoxy) is 1. The van der Waals surface area contributed by atoms with Crippen molar-refractivity contribution in [2.75, 3.05) is 0 Å².